The molecule has 0 aliphatic carbocycles. The van der Waals surface area contributed by atoms with Crippen molar-refractivity contribution in [3.63, 3.8) is 0 Å². The highest BCUT2D eigenvalue weighted by atomic mass is 16.6. The van der Waals surface area contributed by atoms with E-state index in [1.54, 1.807) is 6.07 Å². The van der Waals surface area contributed by atoms with Crippen molar-refractivity contribution < 1.29 is 14.5 Å². The van der Waals surface area contributed by atoms with Gasteiger partial charge in [0.1, 0.15) is 0 Å². The van der Waals surface area contributed by atoms with E-state index in [0.29, 0.717) is 11.3 Å². The minimum Gasteiger partial charge on any atom is -0.465 e. The normalized spacial score (nSPS) is 10.1. The molecule has 0 aliphatic rings. The average molecular weight is 247 g/mol. The minimum absolute atomic E-state index is 0.122. The molecule has 2 rings (SSSR count). The van der Waals surface area contributed by atoms with E-state index in [4.69, 9.17) is 0 Å². The van der Waals surface area contributed by atoms with Crippen LogP contribution in [0.5, 0.6) is 0 Å². The molecular weight excluding hydrogens is 238 g/mol. The fraction of sp³-hybridized carbons (Fsp3) is 0.0909. The molecule has 0 spiro atoms. The van der Waals surface area contributed by atoms with Gasteiger partial charge in [0.15, 0.2) is 0 Å². The molecule has 1 aromatic carbocycles. The second kappa shape index (κ2) is 4.66. The van der Waals surface area contributed by atoms with E-state index < -0.39 is 10.9 Å². The van der Waals surface area contributed by atoms with Gasteiger partial charge < -0.3 is 4.74 Å². The lowest BCUT2D eigenvalue weighted by Gasteiger charge is -2.03. The van der Waals surface area contributed by atoms with Crippen molar-refractivity contribution in [2.45, 2.75) is 0 Å². The maximum atomic E-state index is 11.4. The first kappa shape index (κ1) is 11.8. The van der Waals surface area contributed by atoms with Crippen LogP contribution in [0.2, 0.25) is 0 Å². The van der Waals surface area contributed by atoms with E-state index in [1.165, 1.54) is 31.5 Å². The van der Waals surface area contributed by atoms with Crippen LogP contribution in [0, 0.1) is 10.1 Å². The number of nitrogens with zero attached hydrogens (tertiary/aromatic N) is 2. The first-order chi connectivity index (χ1) is 8.61. The monoisotopic (exact) mass is 247 g/mol. The number of benzene rings is 1. The van der Waals surface area contributed by atoms with E-state index in [0.717, 1.165) is 0 Å². The van der Waals surface area contributed by atoms with Gasteiger partial charge in [0.2, 0.25) is 0 Å². The van der Waals surface area contributed by atoms with Crippen LogP contribution in [0.25, 0.3) is 11.3 Å². The number of nitro benzene ring substituents is 1. The largest absolute Gasteiger partial charge is 0.465 e. The number of carbonyl (C=O) groups excluding carboxylic acids is 1. The number of nitrogens with one attached hydrogen (secondary N) is 1. The van der Waals surface area contributed by atoms with Crippen molar-refractivity contribution in [3.05, 3.63) is 46.1 Å². The molecule has 18 heavy (non-hydrogen) atoms. The van der Waals surface area contributed by atoms with Gasteiger partial charge in [0.05, 0.1) is 23.3 Å². The van der Waals surface area contributed by atoms with E-state index >= 15 is 0 Å². The van der Waals surface area contributed by atoms with Crippen LogP contribution in [0.4, 0.5) is 5.69 Å². The molecule has 0 aliphatic heterocycles. The predicted molar refractivity (Wildman–Crippen MR) is 62.0 cm³/mol. The molecule has 2 aromatic rings. The topological polar surface area (TPSA) is 98.1 Å². The molecule has 0 amide bonds. The van der Waals surface area contributed by atoms with Gasteiger partial charge in [-0.3, -0.25) is 15.2 Å². The Bertz CT molecular complexity index is 592. The molecule has 92 valence electrons. The number of hydrogen-bond donors (Lipinski definition) is 1. The Morgan fingerprint density at radius 3 is 2.78 bits per heavy atom. The smallest absolute Gasteiger partial charge is 0.338 e. The van der Waals surface area contributed by atoms with Crippen LogP contribution in [0.3, 0.4) is 0 Å². The lowest BCUT2D eigenvalue weighted by Crippen LogP contribution is -2.02. The second-order valence-electron chi connectivity index (χ2n) is 3.49. The lowest BCUT2D eigenvalue weighted by molar-refractivity contribution is -0.384. The number of aromatic amines is 1. The summed E-state index contributed by atoms with van der Waals surface area (Å²) in [5.41, 5.74) is 1.03. The third kappa shape index (κ3) is 2.19. The number of methoxy groups -OCH3 is 1. The summed E-state index contributed by atoms with van der Waals surface area (Å²) in [6.07, 6.45) is 1.52. The molecule has 0 radical (unpaired) electrons. The number of non-ortho nitro benzene ring substituents is 1. The molecule has 0 fully saturated rings. The minimum atomic E-state index is -0.625. The molecule has 0 unspecified atom stereocenters. The molecule has 0 atom stereocenters. The Kier molecular flexibility index (Phi) is 3.05. The van der Waals surface area contributed by atoms with E-state index in [9.17, 15) is 14.9 Å². The SMILES string of the molecule is COC(=O)c1cc(-c2ccn[nH]2)cc([N+](=O)[O-])c1. The van der Waals surface area contributed by atoms with Gasteiger partial charge in [-0.25, -0.2) is 4.79 Å². The second-order valence-corrected chi connectivity index (χ2v) is 3.49. The van der Waals surface area contributed by atoms with Gasteiger partial charge in [-0.1, -0.05) is 0 Å². The van der Waals surface area contributed by atoms with Crippen LogP contribution in [-0.4, -0.2) is 28.2 Å². The molecule has 0 saturated carbocycles. The fourth-order valence-electron chi connectivity index (χ4n) is 1.52. The highest BCUT2D eigenvalue weighted by Gasteiger charge is 2.16. The van der Waals surface area contributed by atoms with Gasteiger partial charge in [-0.05, 0) is 12.1 Å². The van der Waals surface area contributed by atoms with Crippen molar-refractivity contribution in [3.8, 4) is 11.3 Å². The van der Waals surface area contributed by atoms with Gasteiger partial charge in [0.25, 0.3) is 5.69 Å². The summed E-state index contributed by atoms with van der Waals surface area (Å²) in [4.78, 5) is 21.7. The summed E-state index contributed by atoms with van der Waals surface area (Å²) < 4.78 is 4.56. The summed E-state index contributed by atoms with van der Waals surface area (Å²) in [7, 11) is 1.22. The summed E-state index contributed by atoms with van der Waals surface area (Å²) in [6, 6.07) is 5.69. The zero-order valence-corrected chi connectivity index (χ0v) is 9.41. The number of carbonyl (C=O) groups is 1. The predicted octanol–water partition coefficient (Wildman–Crippen LogP) is 1.77. The average Bonchev–Trinajstić information content (AvgIpc) is 2.91. The molecule has 1 N–H and O–H groups in total. The van der Waals surface area contributed by atoms with Crippen molar-refractivity contribution in [2.24, 2.45) is 0 Å². The highest BCUT2D eigenvalue weighted by molar-refractivity contribution is 5.91. The summed E-state index contributed by atoms with van der Waals surface area (Å²) in [5, 5.41) is 17.2. The summed E-state index contributed by atoms with van der Waals surface area (Å²) in [5.74, 6) is -0.625. The number of aromatic nitrogens is 2. The molecule has 1 aromatic heterocycles. The summed E-state index contributed by atoms with van der Waals surface area (Å²) >= 11 is 0. The molecule has 7 nitrogen and oxygen atoms in total. The van der Waals surface area contributed by atoms with Crippen LogP contribution in [0.1, 0.15) is 10.4 Å². The zero-order valence-electron chi connectivity index (χ0n) is 9.41. The van der Waals surface area contributed by atoms with Crippen LogP contribution < -0.4 is 0 Å². The van der Waals surface area contributed by atoms with Crippen LogP contribution >= 0.6 is 0 Å². The summed E-state index contributed by atoms with van der Waals surface area (Å²) in [6.45, 7) is 0. The van der Waals surface area contributed by atoms with Crippen LogP contribution in [0.15, 0.2) is 30.5 Å². The van der Waals surface area contributed by atoms with Crippen molar-refractivity contribution in [1.29, 1.82) is 0 Å². The Morgan fingerprint density at radius 1 is 1.44 bits per heavy atom. The van der Waals surface area contributed by atoms with E-state index in [2.05, 4.69) is 14.9 Å². The van der Waals surface area contributed by atoms with Gasteiger partial charge in [0, 0.05) is 23.9 Å². The van der Waals surface area contributed by atoms with Gasteiger partial charge >= 0.3 is 5.97 Å². The fourth-order valence-corrected chi connectivity index (χ4v) is 1.52. The Hall–Kier alpha value is -2.70. The maximum absolute atomic E-state index is 11.4. The Labute approximate surface area is 102 Å². The number of esters is 1. The van der Waals surface area contributed by atoms with E-state index in [1.807, 2.05) is 0 Å². The number of rotatable bonds is 3. The number of hydrogen-bond acceptors (Lipinski definition) is 5. The third-order valence-corrected chi connectivity index (χ3v) is 2.36. The number of ether oxygens (including phenoxy) is 1. The zero-order chi connectivity index (χ0) is 13.1. The van der Waals surface area contributed by atoms with E-state index in [-0.39, 0.29) is 11.3 Å². The standard InChI is InChI=1S/C11H9N3O4/c1-18-11(15)8-4-7(10-2-3-12-13-10)5-9(6-8)14(16)17/h2-6H,1H3,(H,12,13). The molecule has 7 heteroatoms. The third-order valence-electron chi connectivity index (χ3n) is 2.36. The van der Waals surface area contributed by atoms with Gasteiger partial charge in [-0.15, -0.1) is 0 Å². The van der Waals surface area contributed by atoms with Crippen molar-refractivity contribution in [2.75, 3.05) is 7.11 Å². The van der Waals surface area contributed by atoms with Crippen molar-refractivity contribution in [1.82, 2.24) is 10.2 Å². The quantitative estimate of drug-likeness (QED) is 0.506. The molecule has 0 bridgehead atoms. The Balaban J connectivity index is 2.57. The molecular formula is C11H9N3O4. The maximum Gasteiger partial charge on any atom is 0.338 e. The van der Waals surface area contributed by atoms with Gasteiger partial charge in [-0.2, -0.15) is 5.10 Å². The van der Waals surface area contributed by atoms with Crippen molar-refractivity contribution >= 4 is 11.7 Å². The number of nitro groups is 1. The highest BCUT2D eigenvalue weighted by Crippen LogP contribution is 2.24. The number of H-pyrrole nitrogens is 1. The molecule has 0 saturated heterocycles. The molecule has 1 heterocycles. The lowest BCUT2D eigenvalue weighted by atomic mass is 10.1. The first-order valence-electron chi connectivity index (χ1n) is 4.99. The Morgan fingerprint density at radius 2 is 2.22 bits per heavy atom. The first-order valence-corrected chi connectivity index (χ1v) is 4.99. The van der Waals surface area contributed by atoms with Crippen LogP contribution in [-0.2, 0) is 4.74 Å².